The minimum absolute atomic E-state index is 0.0588. The summed E-state index contributed by atoms with van der Waals surface area (Å²) in [5.41, 5.74) is 0.949. The van der Waals surface area contributed by atoms with E-state index in [1.165, 1.54) is 19.3 Å². The summed E-state index contributed by atoms with van der Waals surface area (Å²) in [5, 5.41) is 0. The molecule has 0 amide bonds. The molecule has 0 fully saturated rings. The summed E-state index contributed by atoms with van der Waals surface area (Å²) in [6.07, 6.45) is 10.6. The van der Waals surface area contributed by atoms with Crippen molar-refractivity contribution in [2.75, 3.05) is 0 Å². The van der Waals surface area contributed by atoms with Gasteiger partial charge in [-0.25, -0.2) is 4.79 Å². The highest BCUT2D eigenvalue weighted by atomic mass is 16.5. The van der Waals surface area contributed by atoms with Gasteiger partial charge in [0.1, 0.15) is 0 Å². The molecule has 0 rings (SSSR count). The molecule has 1 unspecified atom stereocenters. The van der Waals surface area contributed by atoms with E-state index in [1.54, 1.807) is 6.08 Å². The van der Waals surface area contributed by atoms with Crippen LogP contribution >= 0.6 is 0 Å². The minimum atomic E-state index is -0.257. The molecule has 0 heterocycles. The van der Waals surface area contributed by atoms with Gasteiger partial charge < -0.3 is 4.74 Å². The largest absolute Gasteiger partial charge is 0.460 e. The fourth-order valence-corrected chi connectivity index (χ4v) is 1.98. The van der Waals surface area contributed by atoms with Crippen molar-refractivity contribution in [2.24, 2.45) is 11.8 Å². The monoisotopic (exact) mass is 280 g/mol. The summed E-state index contributed by atoms with van der Waals surface area (Å²) >= 11 is 0. The highest BCUT2D eigenvalue weighted by Crippen LogP contribution is 2.15. The Morgan fingerprint density at radius 1 is 1.10 bits per heavy atom. The van der Waals surface area contributed by atoms with Gasteiger partial charge in [0.15, 0.2) is 0 Å². The first-order valence-electron chi connectivity index (χ1n) is 7.86. The molecule has 0 bridgehead atoms. The molecule has 0 spiro atoms. The van der Waals surface area contributed by atoms with Gasteiger partial charge in [0.05, 0.1) is 6.10 Å². The lowest BCUT2D eigenvalue weighted by Crippen LogP contribution is -2.08. The van der Waals surface area contributed by atoms with Gasteiger partial charge in [-0.15, -0.1) is 0 Å². The maximum Gasteiger partial charge on any atom is 0.331 e. The van der Waals surface area contributed by atoms with Crippen LogP contribution in [0, 0.1) is 11.8 Å². The number of carbonyl (C=O) groups is 1. The average molecular weight is 280 g/mol. The Labute approximate surface area is 125 Å². The van der Waals surface area contributed by atoms with E-state index < -0.39 is 0 Å². The van der Waals surface area contributed by atoms with Crippen LogP contribution in [0.15, 0.2) is 23.8 Å². The third-order valence-electron chi connectivity index (χ3n) is 3.09. The van der Waals surface area contributed by atoms with E-state index in [-0.39, 0.29) is 12.1 Å². The third-order valence-corrected chi connectivity index (χ3v) is 3.09. The van der Waals surface area contributed by atoms with Gasteiger partial charge in [0, 0.05) is 6.08 Å². The average Bonchev–Trinajstić information content (AvgIpc) is 2.26. The van der Waals surface area contributed by atoms with Gasteiger partial charge in [-0.2, -0.15) is 0 Å². The first kappa shape index (κ1) is 18.9. The molecule has 116 valence electrons. The Morgan fingerprint density at radius 2 is 1.75 bits per heavy atom. The van der Waals surface area contributed by atoms with Gasteiger partial charge in [0.2, 0.25) is 0 Å². The van der Waals surface area contributed by atoms with Crippen molar-refractivity contribution in [3.8, 4) is 0 Å². The molecule has 0 N–H and O–H groups in total. The van der Waals surface area contributed by atoms with Gasteiger partial charge >= 0.3 is 5.97 Å². The predicted molar refractivity (Wildman–Crippen MR) is 86.6 cm³/mol. The zero-order chi connectivity index (χ0) is 15.5. The Kier molecular flexibility index (Phi) is 10.1. The fraction of sp³-hybridized carbons (Fsp3) is 0.722. The van der Waals surface area contributed by atoms with E-state index in [1.807, 2.05) is 26.8 Å². The normalized spacial score (nSPS) is 14.3. The van der Waals surface area contributed by atoms with Crippen LogP contribution in [-0.4, -0.2) is 12.1 Å². The molecule has 2 nitrogen and oxygen atoms in total. The number of allylic oxidation sites excluding steroid dienone is 3. The smallest absolute Gasteiger partial charge is 0.331 e. The van der Waals surface area contributed by atoms with Gasteiger partial charge in [0.25, 0.3) is 0 Å². The lowest BCUT2D eigenvalue weighted by atomic mass is 9.97. The van der Waals surface area contributed by atoms with E-state index in [0.717, 1.165) is 17.9 Å². The summed E-state index contributed by atoms with van der Waals surface area (Å²) < 4.78 is 5.07. The minimum Gasteiger partial charge on any atom is -0.460 e. The zero-order valence-electron chi connectivity index (χ0n) is 14.1. The summed E-state index contributed by atoms with van der Waals surface area (Å²) in [6, 6.07) is 0. The van der Waals surface area contributed by atoms with Crippen molar-refractivity contribution in [1.29, 1.82) is 0 Å². The molecule has 2 heteroatoms. The quantitative estimate of drug-likeness (QED) is 0.326. The van der Waals surface area contributed by atoms with Gasteiger partial charge in [-0.1, -0.05) is 52.2 Å². The van der Waals surface area contributed by atoms with Crippen LogP contribution in [0.1, 0.15) is 67.2 Å². The summed E-state index contributed by atoms with van der Waals surface area (Å²) in [4.78, 5) is 11.4. The number of esters is 1. The molecule has 0 aliphatic carbocycles. The van der Waals surface area contributed by atoms with Gasteiger partial charge in [-0.3, -0.25) is 0 Å². The van der Waals surface area contributed by atoms with Crippen LogP contribution < -0.4 is 0 Å². The molecule has 0 radical (unpaired) electrons. The van der Waals surface area contributed by atoms with E-state index in [2.05, 4.69) is 26.8 Å². The number of rotatable bonds is 9. The Morgan fingerprint density at radius 3 is 2.30 bits per heavy atom. The molecule has 0 aliphatic heterocycles. The van der Waals surface area contributed by atoms with E-state index >= 15 is 0 Å². The van der Waals surface area contributed by atoms with Crippen LogP contribution in [0.2, 0.25) is 0 Å². The first-order chi connectivity index (χ1) is 9.31. The molecule has 20 heavy (non-hydrogen) atoms. The molecule has 0 aromatic heterocycles. The third kappa shape index (κ3) is 12.0. The molecule has 1 atom stereocenters. The molecule has 0 aromatic rings. The summed E-state index contributed by atoms with van der Waals surface area (Å²) in [7, 11) is 0. The van der Waals surface area contributed by atoms with E-state index in [4.69, 9.17) is 4.74 Å². The topological polar surface area (TPSA) is 26.3 Å². The first-order valence-corrected chi connectivity index (χ1v) is 7.86. The number of ether oxygens (including phenoxy) is 1. The molecule has 0 aromatic carbocycles. The van der Waals surface area contributed by atoms with Crippen LogP contribution in [0.25, 0.3) is 0 Å². The molecular weight excluding hydrogens is 248 g/mol. The van der Waals surface area contributed by atoms with Crippen molar-refractivity contribution in [3.63, 3.8) is 0 Å². The standard InChI is InChI=1S/C18H32O2/c1-14(2)9-7-10-16(5)11-8-12-17(6)13-18(19)20-15(3)4/h8,12-16H,7,9-11H2,1-6H3. The highest BCUT2D eigenvalue weighted by Gasteiger charge is 2.02. The molecular formula is C18H32O2. The fourth-order valence-electron chi connectivity index (χ4n) is 1.98. The van der Waals surface area contributed by atoms with Crippen molar-refractivity contribution < 1.29 is 9.53 Å². The Bertz CT molecular complexity index is 324. The lowest BCUT2D eigenvalue weighted by molar-refractivity contribution is -0.141. The van der Waals surface area contributed by atoms with E-state index in [9.17, 15) is 4.79 Å². The molecule has 0 saturated heterocycles. The van der Waals surface area contributed by atoms with E-state index in [0.29, 0.717) is 5.92 Å². The predicted octanol–water partition coefficient (Wildman–Crippen LogP) is 5.29. The van der Waals surface area contributed by atoms with Crippen molar-refractivity contribution >= 4 is 5.97 Å². The second-order valence-electron chi connectivity index (χ2n) is 6.44. The maximum atomic E-state index is 11.4. The summed E-state index contributed by atoms with van der Waals surface area (Å²) in [5.74, 6) is 1.25. The van der Waals surface area contributed by atoms with Crippen molar-refractivity contribution in [3.05, 3.63) is 23.8 Å². The zero-order valence-corrected chi connectivity index (χ0v) is 14.1. The number of hydrogen-bond donors (Lipinski definition) is 0. The van der Waals surface area contributed by atoms with Crippen LogP contribution in [0.5, 0.6) is 0 Å². The SMILES string of the molecule is CC(C=CCC(C)CCCC(C)C)=CC(=O)OC(C)C. The van der Waals surface area contributed by atoms with Gasteiger partial charge in [-0.05, 0) is 44.6 Å². The maximum absolute atomic E-state index is 11.4. The summed E-state index contributed by atoms with van der Waals surface area (Å²) in [6.45, 7) is 12.5. The van der Waals surface area contributed by atoms with Crippen molar-refractivity contribution in [2.45, 2.75) is 73.3 Å². The van der Waals surface area contributed by atoms with Crippen LogP contribution in [0.4, 0.5) is 0 Å². The van der Waals surface area contributed by atoms with Crippen LogP contribution in [0.3, 0.4) is 0 Å². The Hall–Kier alpha value is -1.05. The Balaban J connectivity index is 3.98. The second kappa shape index (κ2) is 10.7. The second-order valence-corrected chi connectivity index (χ2v) is 6.44. The highest BCUT2D eigenvalue weighted by molar-refractivity contribution is 5.83. The number of hydrogen-bond acceptors (Lipinski definition) is 2. The van der Waals surface area contributed by atoms with Crippen molar-refractivity contribution in [1.82, 2.24) is 0 Å². The number of carbonyl (C=O) groups excluding carboxylic acids is 1. The molecule has 0 saturated carbocycles. The lowest BCUT2D eigenvalue weighted by Gasteiger charge is -2.09. The van der Waals surface area contributed by atoms with Crippen LogP contribution in [-0.2, 0) is 9.53 Å². The molecule has 0 aliphatic rings.